The topological polar surface area (TPSA) is 30.0 Å². The zero-order chi connectivity index (χ0) is 11.4. The van der Waals surface area contributed by atoms with Gasteiger partial charge in [0.1, 0.15) is 0 Å². The second-order valence-corrected chi connectivity index (χ2v) is 3.57. The first-order valence-electron chi connectivity index (χ1n) is 5.36. The van der Waals surface area contributed by atoms with E-state index in [1.165, 1.54) is 0 Å². The predicted molar refractivity (Wildman–Crippen MR) is 64.3 cm³/mol. The van der Waals surface area contributed by atoms with Crippen LogP contribution in [-0.4, -0.2) is 10.8 Å². The Labute approximate surface area is 95.0 Å². The quantitative estimate of drug-likeness (QED) is 0.729. The van der Waals surface area contributed by atoms with Gasteiger partial charge in [-0.2, -0.15) is 0 Å². The summed E-state index contributed by atoms with van der Waals surface area (Å²) in [6.07, 6.45) is 2.17. The largest absolute Gasteiger partial charge is 0.294 e. The van der Waals surface area contributed by atoms with E-state index in [1.807, 2.05) is 49.4 Å². The third kappa shape index (κ3) is 2.16. The van der Waals surface area contributed by atoms with Gasteiger partial charge in [-0.3, -0.25) is 9.78 Å². The molecule has 0 radical (unpaired) electrons. The highest BCUT2D eigenvalue weighted by Gasteiger charge is 2.04. The summed E-state index contributed by atoms with van der Waals surface area (Å²) in [5, 5.41) is 0. The average molecular weight is 211 g/mol. The van der Waals surface area contributed by atoms with Crippen LogP contribution in [0.3, 0.4) is 0 Å². The molecular weight excluding hydrogens is 198 g/mol. The van der Waals surface area contributed by atoms with Crippen LogP contribution in [0.15, 0.2) is 48.7 Å². The molecule has 1 aromatic carbocycles. The molecule has 80 valence electrons. The Morgan fingerprint density at radius 2 is 1.88 bits per heavy atom. The molecule has 0 aliphatic heterocycles. The van der Waals surface area contributed by atoms with E-state index in [9.17, 15) is 4.79 Å². The molecular formula is C14H13NO. The molecule has 2 aromatic rings. The van der Waals surface area contributed by atoms with Crippen molar-refractivity contribution in [2.45, 2.75) is 13.3 Å². The summed E-state index contributed by atoms with van der Waals surface area (Å²) in [5.74, 6) is 0.132. The molecule has 0 aliphatic rings. The van der Waals surface area contributed by atoms with E-state index in [-0.39, 0.29) is 5.78 Å². The van der Waals surface area contributed by atoms with Crippen LogP contribution < -0.4 is 0 Å². The first kappa shape index (κ1) is 10.6. The number of nitrogens with zero attached hydrogens (tertiary/aromatic N) is 1. The normalized spacial score (nSPS) is 10.1. The van der Waals surface area contributed by atoms with Crippen LogP contribution in [0.5, 0.6) is 0 Å². The molecule has 0 saturated heterocycles. The van der Waals surface area contributed by atoms with Crippen molar-refractivity contribution in [2.75, 3.05) is 0 Å². The maximum atomic E-state index is 11.4. The smallest absolute Gasteiger partial charge is 0.164 e. The van der Waals surface area contributed by atoms with Gasteiger partial charge in [-0.1, -0.05) is 37.3 Å². The lowest BCUT2D eigenvalue weighted by molar-refractivity contribution is 0.0988. The van der Waals surface area contributed by atoms with E-state index in [1.54, 1.807) is 6.20 Å². The monoisotopic (exact) mass is 211 g/mol. The van der Waals surface area contributed by atoms with Crippen LogP contribution in [0.25, 0.3) is 11.3 Å². The van der Waals surface area contributed by atoms with E-state index >= 15 is 0 Å². The molecule has 0 N–H and O–H groups in total. The number of hydrogen-bond acceptors (Lipinski definition) is 2. The van der Waals surface area contributed by atoms with Gasteiger partial charge in [-0.05, 0) is 12.1 Å². The number of rotatable bonds is 3. The summed E-state index contributed by atoms with van der Waals surface area (Å²) < 4.78 is 0. The Balaban J connectivity index is 2.30. The highest BCUT2D eigenvalue weighted by Crippen LogP contribution is 2.16. The number of pyridine rings is 1. The SMILES string of the molecule is CCC(=O)c1ccc(-c2ccccc2)nc1. The summed E-state index contributed by atoms with van der Waals surface area (Å²) >= 11 is 0. The first-order valence-corrected chi connectivity index (χ1v) is 5.36. The maximum absolute atomic E-state index is 11.4. The zero-order valence-corrected chi connectivity index (χ0v) is 9.18. The summed E-state index contributed by atoms with van der Waals surface area (Å²) in [5.41, 5.74) is 2.65. The lowest BCUT2D eigenvalue weighted by Gasteiger charge is -2.01. The predicted octanol–water partition coefficient (Wildman–Crippen LogP) is 3.34. The molecule has 0 bridgehead atoms. The van der Waals surface area contributed by atoms with E-state index in [4.69, 9.17) is 0 Å². The zero-order valence-electron chi connectivity index (χ0n) is 9.18. The number of Topliss-reactive ketones (excluding diaryl/α,β-unsaturated/α-hetero) is 1. The second kappa shape index (κ2) is 4.71. The maximum Gasteiger partial charge on any atom is 0.164 e. The van der Waals surface area contributed by atoms with Gasteiger partial charge >= 0.3 is 0 Å². The Morgan fingerprint density at radius 3 is 2.44 bits per heavy atom. The Bertz CT molecular complexity index is 474. The van der Waals surface area contributed by atoms with Gasteiger partial charge in [0, 0.05) is 23.7 Å². The van der Waals surface area contributed by atoms with Crippen LogP contribution in [-0.2, 0) is 0 Å². The summed E-state index contributed by atoms with van der Waals surface area (Å²) in [6.45, 7) is 1.85. The summed E-state index contributed by atoms with van der Waals surface area (Å²) in [6, 6.07) is 13.6. The molecule has 0 spiro atoms. The van der Waals surface area contributed by atoms with Crippen molar-refractivity contribution in [2.24, 2.45) is 0 Å². The van der Waals surface area contributed by atoms with Gasteiger partial charge < -0.3 is 0 Å². The minimum atomic E-state index is 0.132. The van der Waals surface area contributed by atoms with Crippen molar-refractivity contribution in [3.05, 3.63) is 54.2 Å². The first-order chi connectivity index (χ1) is 7.81. The Kier molecular flexibility index (Phi) is 3.10. The third-order valence-corrected chi connectivity index (χ3v) is 2.48. The van der Waals surface area contributed by atoms with Crippen molar-refractivity contribution in [1.29, 1.82) is 0 Å². The minimum Gasteiger partial charge on any atom is -0.294 e. The molecule has 16 heavy (non-hydrogen) atoms. The molecule has 2 nitrogen and oxygen atoms in total. The fourth-order valence-corrected chi connectivity index (χ4v) is 1.54. The lowest BCUT2D eigenvalue weighted by atomic mass is 10.1. The van der Waals surface area contributed by atoms with E-state index < -0.39 is 0 Å². The van der Waals surface area contributed by atoms with Gasteiger partial charge in [-0.25, -0.2) is 0 Å². The highest BCUT2D eigenvalue weighted by atomic mass is 16.1. The second-order valence-electron chi connectivity index (χ2n) is 3.57. The van der Waals surface area contributed by atoms with Gasteiger partial charge in [0.2, 0.25) is 0 Å². The van der Waals surface area contributed by atoms with E-state index in [2.05, 4.69) is 4.98 Å². The van der Waals surface area contributed by atoms with Crippen LogP contribution in [0.1, 0.15) is 23.7 Å². The molecule has 0 atom stereocenters. The molecule has 0 saturated carbocycles. The number of aromatic nitrogens is 1. The standard InChI is InChI=1S/C14H13NO/c1-2-14(16)12-8-9-13(15-10-12)11-6-4-3-5-7-11/h3-10H,2H2,1H3. The van der Waals surface area contributed by atoms with Crippen molar-refractivity contribution in [1.82, 2.24) is 4.98 Å². The van der Waals surface area contributed by atoms with E-state index in [0.29, 0.717) is 12.0 Å². The molecule has 2 heteroatoms. The third-order valence-electron chi connectivity index (χ3n) is 2.48. The summed E-state index contributed by atoms with van der Waals surface area (Å²) in [4.78, 5) is 15.7. The minimum absolute atomic E-state index is 0.132. The fraction of sp³-hybridized carbons (Fsp3) is 0.143. The highest BCUT2D eigenvalue weighted by molar-refractivity contribution is 5.95. The van der Waals surface area contributed by atoms with Crippen LogP contribution in [0, 0.1) is 0 Å². The Morgan fingerprint density at radius 1 is 1.12 bits per heavy atom. The summed E-state index contributed by atoms with van der Waals surface area (Å²) in [7, 11) is 0. The van der Waals surface area contributed by atoms with Crippen molar-refractivity contribution in [3.63, 3.8) is 0 Å². The molecule has 0 aliphatic carbocycles. The lowest BCUT2D eigenvalue weighted by Crippen LogP contribution is -1.97. The van der Waals surface area contributed by atoms with Crippen LogP contribution >= 0.6 is 0 Å². The number of hydrogen-bond donors (Lipinski definition) is 0. The number of ketones is 1. The molecule has 0 amide bonds. The number of carbonyl (C=O) groups excluding carboxylic acids is 1. The molecule has 1 heterocycles. The molecule has 0 unspecified atom stereocenters. The van der Waals surface area contributed by atoms with Gasteiger partial charge in [0.25, 0.3) is 0 Å². The molecule has 1 aromatic heterocycles. The van der Waals surface area contributed by atoms with Crippen molar-refractivity contribution in [3.8, 4) is 11.3 Å². The van der Waals surface area contributed by atoms with Gasteiger partial charge in [-0.15, -0.1) is 0 Å². The van der Waals surface area contributed by atoms with Gasteiger partial charge in [0.05, 0.1) is 5.69 Å². The number of benzene rings is 1. The van der Waals surface area contributed by atoms with Crippen LogP contribution in [0.4, 0.5) is 0 Å². The van der Waals surface area contributed by atoms with E-state index in [0.717, 1.165) is 11.3 Å². The average Bonchev–Trinajstić information content (AvgIpc) is 2.39. The van der Waals surface area contributed by atoms with Crippen molar-refractivity contribution >= 4 is 5.78 Å². The van der Waals surface area contributed by atoms with Gasteiger partial charge in [0.15, 0.2) is 5.78 Å². The number of carbonyl (C=O) groups is 1. The molecule has 0 fully saturated rings. The Hall–Kier alpha value is -1.96. The van der Waals surface area contributed by atoms with Crippen LogP contribution in [0.2, 0.25) is 0 Å². The van der Waals surface area contributed by atoms with Crippen molar-refractivity contribution < 1.29 is 4.79 Å². The fourth-order valence-electron chi connectivity index (χ4n) is 1.54. The molecule has 2 rings (SSSR count).